The molecule has 0 aliphatic heterocycles. The van der Waals surface area contributed by atoms with Crippen LogP contribution in [0.1, 0.15) is 41.6 Å². The highest BCUT2D eigenvalue weighted by atomic mass is 15.0. The molecule has 2 aromatic heterocycles. The van der Waals surface area contributed by atoms with Crippen LogP contribution in [0.25, 0.3) is 90.2 Å². The van der Waals surface area contributed by atoms with Gasteiger partial charge in [0, 0.05) is 27.8 Å². The number of rotatable bonds is 8. The third-order valence-corrected chi connectivity index (χ3v) is 12.0. The number of allylic oxidation sites excluding steroid dienone is 5. The Morgan fingerprint density at radius 1 is 0.393 bits per heavy atom. The molecule has 0 bridgehead atoms. The topological polar surface area (TPSA) is 43.6 Å². The number of benzene rings is 7. The summed E-state index contributed by atoms with van der Waals surface area (Å²) in [5.74, 6) is 1.96. The van der Waals surface area contributed by atoms with Crippen molar-refractivity contribution < 1.29 is 0 Å². The van der Waals surface area contributed by atoms with Gasteiger partial charge < -0.3 is 4.57 Å². The maximum absolute atomic E-state index is 4.99. The van der Waals surface area contributed by atoms with Crippen molar-refractivity contribution in [2.45, 2.75) is 25.7 Å². The van der Waals surface area contributed by atoms with Crippen molar-refractivity contribution >= 4 is 28.1 Å². The van der Waals surface area contributed by atoms with Crippen molar-refractivity contribution in [1.82, 2.24) is 19.5 Å². The Balaban J connectivity index is 0.972. The van der Waals surface area contributed by atoms with Gasteiger partial charge in [-0.05, 0) is 124 Å². The van der Waals surface area contributed by atoms with Crippen LogP contribution in [0.2, 0.25) is 0 Å². The summed E-state index contributed by atoms with van der Waals surface area (Å²) in [6.45, 7) is 0. The van der Waals surface area contributed by atoms with E-state index in [0.29, 0.717) is 17.5 Å². The summed E-state index contributed by atoms with van der Waals surface area (Å²) in [7, 11) is 0. The second kappa shape index (κ2) is 15.8. The second-order valence-electron chi connectivity index (χ2n) is 15.9. The zero-order valence-electron chi connectivity index (χ0n) is 33.7. The minimum Gasteiger partial charge on any atom is -0.310 e. The largest absolute Gasteiger partial charge is 0.310 e. The van der Waals surface area contributed by atoms with E-state index in [-0.39, 0.29) is 0 Å². The van der Waals surface area contributed by atoms with Crippen LogP contribution in [0.5, 0.6) is 0 Å². The Labute approximate surface area is 356 Å². The predicted octanol–water partition coefficient (Wildman–Crippen LogP) is 14.4. The highest BCUT2D eigenvalue weighted by Gasteiger charge is 2.23. The van der Waals surface area contributed by atoms with Crippen LogP contribution in [0.4, 0.5) is 0 Å². The third kappa shape index (κ3) is 7.13. The van der Waals surface area contributed by atoms with Gasteiger partial charge in [-0.2, -0.15) is 0 Å². The van der Waals surface area contributed by atoms with Gasteiger partial charge >= 0.3 is 0 Å². The zero-order chi connectivity index (χ0) is 40.5. The van der Waals surface area contributed by atoms with Crippen LogP contribution >= 0.6 is 0 Å². The van der Waals surface area contributed by atoms with E-state index >= 15 is 0 Å². The summed E-state index contributed by atoms with van der Waals surface area (Å²) in [4.78, 5) is 14.9. The summed E-state index contributed by atoms with van der Waals surface area (Å²) in [5.41, 5.74) is 18.0. The molecule has 2 heterocycles. The van der Waals surface area contributed by atoms with Crippen LogP contribution in [0, 0.1) is 0 Å². The molecule has 61 heavy (non-hydrogen) atoms. The Bertz CT molecular complexity index is 3100. The van der Waals surface area contributed by atoms with Gasteiger partial charge in [-0.15, -0.1) is 0 Å². The lowest BCUT2D eigenvalue weighted by Crippen LogP contribution is -2.04. The number of hydrogen-bond donors (Lipinski definition) is 0. The minimum atomic E-state index is 0.646. The van der Waals surface area contributed by atoms with Gasteiger partial charge in [-0.25, -0.2) is 15.0 Å². The molecule has 0 saturated carbocycles. The van der Waals surface area contributed by atoms with Crippen molar-refractivity contribution in [3.8, 4) is 62.1 Å². The SMILES string of the molecule is C1=CCCC(c2cc(C3=Cc4c(c5ccccc5n4-c4ccc(-c5cccc(-c6nc(-c7ccccc7)nc(-c7ccccc7)n6)c5)cc4)CC3)cc(-c3ccccc3)c2)=C1. The molecule has 0 spiro atoms. The smallest absolute Gasteiger partial charge is 0.164 e. The summed E-state index contributed by atoms with van der Waals surface area (Å²) >= 11 is 0. The number of aromatic nitrogens is 4. The molecular formula is C57H42N4. The van der Waals surface area contributed by atoms with Crippen LogP contribution in [0.3, 0.4) is 0 Å². The van der Waals surface area contributed by atoms with E-state index in [0.717, 1.165) is 59.2 Å². The Kier molecular flexibility index (Phi) is 9.44. The number of aryl methyl sites for hydroxylation is 1. The molecule has 0 N–H and O–H groups in total. The summed E-state index contributed by atoms with van der Waals surface area (Å²) in [6, 6.07) is 64.7. The van der Waals surface area contributed by atoms with Crippen molar-refractivity contribution in [1.29, 1.82) is 0 Å². The van der Waals surface area contributed by atoms with Crippen molar-refractivity contribution in [3.05, 3.63) is 223 Å². The van der Waals surface area contributed by atoms with Crippen LogP contribution in [0.15, 0.2) is 200 Å². The number of nitrogens with zero attached hydrogens (tertiary/aromatic N) is 4. The molecule has 4 heteroatoms. The number of para-hydroxylation sites is 1. The van der Waals surface area contributed by atoms with E-state index in [1.54, 1.807) is 0 Å². The van der Waals surface area contributed by atoms with Gasteiger partial charge in [0.25, 0.3) is 0 Å². The zero-order valence-corrected chi connectivity index (χ0v) is 33.7. The van der Waals surface area contributed by atoms with Gasteiger partial charge in [0.2, 0.25) is 0 Å². The molecule has 0 saturated heterocycles. The normalized spacial score (nSPS) is 13.4. The first-order valence-corrected chi connectivity index (χ1v) is 21.2. The Hall–Kier alpha value is -7.69. The molecule has 0 atom stereocenters. The molecule has 0 amide bonds. The summed E-state index contributed by atoms with van der Waals surface area (Å²) in [6.07, 6.45) is 13.4. The van der Waals surface area contributed by atoms with E-state index in [1.807, 2.05) is 60.7 Å². The lowest BCUT2D eigenvalue weighted by atomic mass is 9.86. The first-order chi connectivity index (χ1) is 30.2. The Morgan fingerprint density at radius 3 is 1.61 bits per heavy atom. The Morgan fingerprint density at radius 2 is 0.934 bits per heavy atom. The van der Waals surface area contributed by atoms with E-state index < -0.39 is 0 Å². The highest BCUT2D eigenvalue weighted by Crippen LogP contribution is 2.41. The van der Waals surface area contributed by atoms with E-state index in [2.05, 4.69) is 150 Å². The third-order valence-electron chi connectivity index (χ3n) is 12.0. The van der Waals surface area contributed by atoms with Gasteiger partial charge in [0.15, 0.2) is 17.5 Å². The molecule has 0 unspecified atom stereocenters. The fourth-order valence-corrected chi connectivity index (χ4v) is 8.96. The summed E-state index contributed by atoms with van der Waals surface area (Å²) in [5, 5.41) is 1.32. The van der Waals surface area contributed by atoms with Crippen LogP contribution in [-0.2, 0) is 6.42 Å². The molecule has 11 rings (SSSR count). The molecule has 0 fully saturated rings. The minimum absolute atomic E-state index is 0.646. The fourth-order valence-electron chi connectivity index (χ4n) is 8.96. The maximum Gasteiger partial charge on any atom is 0.164 e. The summed E-state index contributed by atoms with van der Waals surface area (Å²) < 4.78 is 2.46. The standard InChI is InChI=1S/C57H42N4/c1-5-16-39(17-6-1)47-35-48(40-18-7-2-8-19-40)37-49(36-47)45-30-33-52-51-26-13-14-27-53(51)61(54(52)38-45)50-31-28-41(29-32-50)44-24-15-25-46(34-44)57-59-55(42-20-9-3-10-21-42)58-56(60-57)43-22-11-4-12-23-43/h1-7,9-18,20-29,31-32,34-38H,8,19,30,33H2. The fraction of sp³-hybridized carbons (Fsp3) is 0.0702. The maximum atomic E-state index is 4.99. The van der Waals surface area contributed by atoms with E-state index in [1.165, 1.54) is 55.6 Å². The molecule has 290 valence electrons. The molecule has 7 aromatic carbocycles. The van der Waals surface area contributed by atoms with Gasteiger partial charge in [0.1, 0.15) is 0 Å². The predicted molar refractivity (Wildman–Crippen MR) is 253 cm³/mol. The average Bonchev–Trinajstić information content (AvgIpc) is 3.68. The van der Waals surface area contributed by atoms with Crippen molar-refractivity contribution in [2.24, 2.45) is 0 Å². The van der Waals surface area contributed by atoms with Gasteiger partial charge in [-0.1, -0.05) is 158 Å². The van der Waals surface area contributed by atoms with Crippen LogP contribution in [-0.4, -0.2) is 19.5 Å². The van der Waals surface area contributed by atoms with E-state index in [9.17, 15) is 0 Å². The molecule has 2 aliphatic rings. The molecular weight excluding hydrogens is 741 g/mol. The number of hydrogen-bond acceptors (Lipinski definition) is 3. The highest BCUT2D eigenvalue weighted by molar-refractivity contribution is 5.96. The molecule has 0 radical (unpaired) electrons. The first kappa shape index (κ1) is 36.4. The van der Waals surface area contributed by atoms with Gasteiger partial charge in [0.05, 0.1) is 11.2 Å². The number of fused-ring (bicyclic) bond motifs is 3. The molecule has 2 aliphatic carbocycles. The first-order valence-electron chi connectivity index (χ1n) is 21.2. The second-order valence-corrected chi connectivity index (χ2v) is 15.9. The quantitative estimate of drug-likeness (QED) is 0.154. The van der Waals surface area contributed by atoms with Crippen molar-refractivity contribution in [2.75, 3.05) is 0 Å². The lowest BCUT2D eigenvalue weighted by Gasteiger charge is -2.20. The molecule has 4 nitrogen and oxygen atoms in total. The molecule has 9 aromatic rings. The van der Waals surface area contributed by atoms with Gasteiger partial charge in [-0.3, -0.25) is 0 Å². The van der Waals surface area contributed by atoms with E-state index in [4.69, 9.17) is 15.0 Å². The average molecular weight is 783 g/mol. The van der Waals surface area contributed by atoms with Crippen LogP contribution < -0.4 is 0 Å². The van der Waals surface area contributed by atoms with Crippen molar-refractivity contribution in [3.63, 3.8) is 0 Å². The monoisotopic (exact) mass is 782 g/mol. The lowest BCUT2D eigenvalue weighted by molar-refractivity contribution is 0.980.